The first-order valence-corrected chi connectivity index (χ1v) is 3.67. The fourth-order valence-electron chi connectivity index (χ4n) is 0. The Morgan fingerprint density at radius 1 is 1.25 bits per heavy atom. The summed E-state index contributed by atoms with van der Waals surface area (Å²) in [5, 5.41) is 0. The minimum atomic E-state index is 0. The predicted molar refractivity (Wildman–Crippen MR) is 26.7 cm³/mol. The maximum Gasteiger partial charge on any atom is 0.137 e. The van der Waals surface area contributed by atoms with Gasteiger partial charge in [0, 0.05) is 18.9 Å². The van der Waals surface area contributed by atoms with E-state index in [2.05, 4.69) is 23.3 Å². The van der Waals surface area contributed by atoms with E-state index in [1.54, 1.807) is 0 Å². The van der Waals surface area contributed by atoms with Crippen LogP contribution in [0.25, 0.3) is 0 Å². The van der Waals surface area contributed by atoms with Crippen molar-refractivity contribution in [2.24, 2.45) is 0 Å². The molecular formula is LiS2Si. The molecule has 0 bridgehead atoms. The molecule has 0 aliphatic rings. The molecule has 4 heteroatoms. The molecule has 0 aromatic rings. The number of hydrogen-bond acceptors (Lipinski definition) is 2. The Balaban J connectivity index is 0. The standard InChI is InChI=1S/Li.S2Si/c;1-3-2. The molecule has 0 amide bonds. The van der Waals surface area contributed by atoms with Gasteiger partial charge in [0.15, 0.2) is 0 Å². The van der Waals surface area contributed by atoms with Gasteiger partial charge in [-0.2, -0.15) is 0 Å². The minimum Gasteiger partial charge on any atom is -0.0683 e. The molecule has 0 nitrogen and oxygen atoms in total. The molecule has 0 rings (SSSR count). The first kappa shape index (κ1) is 8.98. The topological polar surface area (TPSA) is 0 Å². The second kappa shape index (κ2) is 8.87. The van der Waals surface area contributed by atoms with Crippen molar-refractivity contribution in [2.45, 2.75) is 0 Å². The van der Waals surface area contributed by atoms with Crippen molar-refractivity contribution in [3.8, 4) is 0 Å². The predicted octanol–water partition coefficient (Wildman–Crippen LogP) is 0.535. The molecule has 0 fully saturated rings. The summed E-state index contributed by atoms with van der Waals surface area (Å²) in [7, 11) is 0. The van der Waals surface area contributed by atoms with Crippen LogP contribution in [-0.4, -0.2) is 25.8 Å². The van der Waals surface area contributed by atoms with Crippen molar-refractivity contribution in [1.29, 1.82) is 0 Å². The van der Waals surface area contributed by atoms with Crippen LogP contribution in [0.2, 0.25) is 0 Å². The zero-order valence-corrected chi connectivity index (χ0v) is 4.95. The van der Waals surface area contributed by atoms with Gasteiger partial charge in [-0.05, 0) is 0 Å². The van der Waals surface area contributed by atoms with Crippen LogP contribution >= 0.6 is 23.3 Å². The molecular weight excluding hydrogens is 99.2 g/mol. The van der Waals surface area contributed by atoms with Crippen molar-refractivity contribution < 1.29 is 0 Å². The molecule has 0 aliphatic heterocycles. The Morgan fingerprint density at radius 2 is 1.25 bits per heavy atom. The Bertz CT molecular complexity index is 27.0. The van der Waals surface area contributed by atoms with Gasteiger partial charge >= 0.3 is 0 Å². The second-order valence-corrected chi connectivity index (χ2v) is 2.25. The summed E-state index contributed by atoms with van der Waals surface area (Å²) < 4.78 is 0. The normalized spacial score (nSPS) is 2.00. The van der Waals surface area contributed by atoms with Crippen LogP contribution in [0.5, 0.6) is 0 Å². The summed E-state index contributed by atoms with van der Waals surface area (Å²) in [5.41, 5.74) is 0. The molecule has 17 valence electrons. The van der Waals surface area contributed by atoms with Gasteiger partial charge < -0.3 is 0 Å². The van der Waals surface area contributed by atoms with Crippen LogP contribution in [0, 0.1) is 0 Å². The molecule has 0 atom stereocenters. The van der Waals surface area contributed by atoms with E-state index in [-0.39, 0.29) is 25.8 Å². The van der Waals surface area contributed by atoms with Gasteiger partial charge in [-0.15, -0.1) is 0 Å². The Labute approximate surface area is 49.1 Å². The zero-order valence-electron chi connectivity index (χ0n) is 2.32. The minimum absolute atomic E-state index is 0. The average Bonchev–Trinajstić information content (AvgIpc) is 0.918. The Hall–Kier alpha value is 1.25. The smallest absolute Gasteiger partial charge is 0.0683 e. The molecule has 0 saturated heterocycles. The molecule has 0 aromatic heterocycles. The van der Waals surface area contributed by atoms with Crippen molar-refractivity contribution in [3.63, 3.8) is 0 Å². The second-order valence-electron chi connectivity index (χ2n) is 0.0833. The van der Waals surface area contributed by atoms with Gasteiger partial charge in [0.2, 0.25) is 0 Å². The number of hydrogen-bond donors (Lipinski definition) is 0. The molecule has 1 radical (unpaired) electrons. The molecule has 0 N–H and O–H groups in total. The van der Waals surface area contributed by atoms with E-state index in [1.165, 1.54) is 0 Å². The quantitative estimate of drug-likeness (QED) is 0.406. The first-order chi connectivity index (χ1) is 1.41. The molecule has 0 unspecified atom stereocenters. The van der Waals surface area contributed by atoms with Crippen LogP contribution in [0.4, 0.5) is 0 Å². The van der Waals surface area contributed by atoms with Gasteiger partial charge in [0.05, 0.1) is 0 Å². The molecule has 4 heavy (non-hydrogen) atoms. The van der Waals surface area contributed by atoms with E-state index >= 15 is 0 Å². The monoisotopic (exact) mass is 98.9 g/mol. The van der Waals surface area contributed by atoms with E-state index < -0.39 is 0 Å². The molecule has 0 saturated carbocycles. The van der Waals surface area contributed by atoms with Gasteiger partial charge in [-0.1, -0.05) is 23.3 Å². The molecule has 0 aliphatic carbocycles. The number of rotatable bonds is 0. The first-order valence-electron chi connectivity index (χ1n) is 0.408. The summed E-state index contributed by atoms with van der Waals surface area (Å²) in [5.74, 6) is 0. The van der Waals surface area contributed by atoms with Crippen molar-refractivity contribution in [2.75, 3.05) is 0 Å². The van der Waals surface area contributed by atoms with Crippen LogP contribution in [0.1, 0.15) is 0 Å². The molecule has 0 spiro atoms. The summed E-state index contributed by atoms with van der Waals surface area (Å²) in [6.07, 6.45) is 0. The van der Waals surface area contributed by atoms with E-state index in [1.807, 2.05) is 0 Å². The fourth-order valence-corrected chi connectivity index (χ4v) is 0. The fraction of sp³-hybridized carbons (Fsp3) is 0. The molecule has 0 heterocycles. The van der Waals surface area contributed by atoms with E-state index in [0.717, 1.165) is 0 Å². The average molecular weight is 99.2 g/mol. The third-order valence-corrected chi connectivity index (χ3v) is 0. The largest absolute Gasteiger partial charge is 0.137 e. The van der Waals surface area contributed by atoms with Crippen molar-refractivity contribution >= 4 is 49.0 Å². The Morgan fingerprint density at radius 3 is 1.25 bits per heavy atom. The SMILES string of the molecule is S=[Si]=S.[Li]. The van der Waals surface area contributed by atoms with Gasteiger partial charge in [0.1, 0.15) is 6.94 Å². The van der Waals surface area contributed by atoms with Crippen LogP contribution < -0.4 is 0 Å². The van der Waals surface area contributed by atoms with Gasteiger partial charge in [0.25, 0.3) is 0 Å². The van der Waals surface area contributed by atoms with E-state index in [9.17, 15) is 0 Å². The third kappa shape index (κ3) is 10.5. The van der Waals surface area contributed by atoms with Crippen LogP contribution in [0.15, 0.2) is 0 Å². The van der Waals surface area contributed by atoms with E-state index in [4.69, 9.17) is 0 Å². The summed E-state index contributed by atoms with van der Waals surface area (Å²) in [4.78, 5) is 0. The van der Waals surface area contributed by atoms with E-state index in [0.29, 0.717) is 0 Å². The maximum atomic E-state index is 4.24. The van der Waals surface area contributed by atoms with Crippen LogP contribution in [0.3, 0.4) is 0 Å². The summed E-state index contributed by atoms with van der Waals surface area (Å²) >= 11 is 8.47. The van der Waals surface area contributed by atoms with Crippen molar-refractivity contribution in [1.82, 2.24) is 0 Å². The van der Waals surface area contributed by atoms with Gasteiger partial charge in [-0.25, -0.2) is 0 Å². The third-order valence-electron chi connectivity index (χ3n) is 0. The maximum absolute atomic E-state index is 4.24. The van der Waals surface area contributed by atoms with Crippen LogP contribution in [-0.2, 0) is 0 Å². The van der Waals surface area contributed by atoms with Crippen molar-refractivity contribution in [3.05, 3.63) is 0 Å². The zero-order chi connectivity index (χ0) is 2.71. The summed E-state index contributed by atoms with van der Waals surface area (Å²) in [6.45, 7) is 0.250. The Kier molecular flexibility index (Phi) is 19.9. The van der Waals surface area contributed by atoms with Gasteiger partial charge in [-0.3, -0.25) is 0 Å². The summed E-state index contributed by atoms with van der Waals surface area (Å²) in [6, 6.07) is 0. The molecule has 0 aromatic carbocycles.